The highest BCUT2D eigenvalue weighted by Crippen LogP contribution is 2.20. The Morgan fingerprint density at radius 3 is 2.76 bits per heavy atom. The van der Waals surface area contributed by atoms with Crippen LogP contribution in [0.2, 0.25) is 5.02 Å². The van der Waals surface area contributed by atoms with Gasteiger partial charge in [0.2, 0.25) is 10.0 Å². The van der Waals surface area contributed by atoms with Crippen molar-refractivity contribution in [3.63, 3.8) is 0 Å². The predicted octanol–water partition coefficient (Wildman–Crippen LogP) is 2.17. The van der Waals surface area contributed by atoms with E-state index in [0.717, 1.165) is 11.3 Å². The van der Waals surface area contributed by atoms with Crippen LogP contribution in [0.1, 0.15) is 11.3 Å². The van der Waals surface area contributed by atoms with E-state index in [1.807, 2.05) is 6.07 Å². The van der Waals surface area contributed by atoms with Gasteiger partial charge in [0.25, 0.3) is 0 Å². The smallest absolute Gasteiger partial charge is 0.240 e. The Hall–Kier alpha value is -1.34. The molecule has 0 radical (unpaired) electrons. The first kappa shape index (κ1) is 16.0. The fourth-order valence-corrected chi connectivity index (χ4v) is 3.16. The molecule has 0 fully saturated rings. The van der Waals surface area contributed by atoms with Crippen molar-refractivity contribution in [1.82, 2.24) is 10.0 Å². The molecule has 0 aliphatic carbocycles. The van der Waals surface area contributed by atoms with Gasteiger partial charge in [-0.3, -0.25) is 0 Å². The van der Waals surface area contributed by atoms with Gasteiger partial charge >= 0.3 is 0 Å². The molecule has 7 heteroatoms. The quantitative estimate of drug-likeness (QED) is 0.817. The summed E-state index contributed by atoms with van der Waals surface area (Å²) >= 11 is 6.03. The van der Waals surface area contributed by atoms with Crippen molar-refractivity contribution < 1.29 is 12.8 Å². The number of hydrogen-bond donors (Lipinski definition) is 2. The minimum absolute atomic E-state index is 0.205. The summed E-state index contributed by atoms with van der Waals surface area (Å²) in [6, 6.07) is 8.24. The molecule has 0 atom stereocenters. The molecule has 0 amide bonds. The van der Waals surface area contributed by atoms with Crippen LogP contribution in [-0.4, -0.2) is 22.0 Å². The molecule has 0 saturated heterocycles. The topological polar surface area (TPSA) is 71.3 Å². The number of rotatable bonds is 7. The van der Waals surface area contributed by atoms with E-state index in [2.05, 4.69) is 10.0 Å². The summed E-state index contributed by atoms with van der Waals surface area (Å²) in [5, 5.41) is 3.49. The highest BCUT2D eigenvalue weighted by Gasteiger charge is 2.15. The lowest BCUT2D eigenvalue weighted by molar-refractivity contribution is 0.506. The normalized spacial score (nSPS) is 11.7. The van der Waals surface area contributed by atoms with Crippen LogP contribution in [0.15, 0.2) is 45.9 Å². The first-order valence-electron chi connectivity index (χ1n) is 6.48. The number of halogens is 1. The fourth-order valence-electron chi connectivity index (χ4n) is 1.89. The Labute approximate surface area is 129 Å². The Morgan fingerprint density at radius 2 is 2.10 bits per heavy atom. The second kappa shape index (κ2) is 7.09. The molecule has 2 rings (SSSR count). The maximum Gasteiger partial charge on any atom is 0.240 e. The van der Waals surface area contributed by atoms with Crippen LogP contribution in [0.5, 0.6) is 0 Å². The van der Waals surface area contributed by atoms with Crippen molar-refractivity contribution in [3.8, 4) is 0 Å². The largest absolute Gasteiger partial charge is 0.469 e. The summed E-state index contributed by atoms with van der Waals surface area (Å²) in [4.78, 5) is 0.205. The molecule has 0 bridgehead atoms. The Kier molecular flexibility index (Phi) is 5.41. The first-order chi connectivity index (χ1) is 10.0. The zero-order valence-electron chi connectivity index (χ0n) is 11.6. The van der Waals surface area contributed by atoms with Gasteiger partial charge in [-0.05, 0) is 42.9 Å². The average molecular weight is 329 g/mol. The van der Waals surface area contributed by atoms with E-state index in [0.29, 0.717) is 18.0 Å². The standard InChI is InChI=1S/C14H17ClN2O3S/c1-16-10-11-9-13(4-5-14(11)15)21(18,19)17-7-6-12-3-2-8-20-12/h2-5,8-9,16-17H,6-7,10H2,1H3. The molecular formula is C14H17ClN2O3S. The Morgan fingerprint density at radius 1 is 1.29 bits per heavy atom. The van der Waals surface area contributed by atoms with E-state index in [1.54, 1.807) is 31.5 Å². The van der Waals surface area contributed by atoms with Gasteiger partial charge in [0.05, 0.1) is 11.2 Å². The van der Waals surface area contributed by atoms with Crippen molar-refractivity contribution in [1.29, 1.82) is 0 Å². The van der Waals surface area contributed by atoms with Crippen molar-refractivity contribution in [3.05, 3.63) is 52.9 Å². The van der Waals surface area contributed by atoms with Gasteiger partial charge < -0.3 is 9.73 Å². The van der Waals surface area contributed by atoms with E-state index < -0.39 is 10.0 Å². The molecule has 1 heterocycles. The Bertz CT molecular complexity index is 684. The summed E-state index contributed by atoms with van der Waals surface area (Å²) in [7, 11) is -1.77. The monoisotopic (exact) mass is 328 g/mol. The molecule has 21 heavy (non-hydrogen) atoms. The van der Waals surface area contributed by atoms with Gasteiger partial charge in [-0.15, -0.1) is 0 Å². The van der Waals surface area contributed by atoms with E-state index in [4.69, 9.17) is 16.0 Å². The second-order valence-electron chi connectivity index (χ2n) is 4.51. The van der Waals surface area contributed by atoms with Crippen molar-refractivity contribution >= 4 is 21.6 Å². The maximum absolute atomic E-state index is 12.2. The number of furan rings is 1. The number of benzene rings is 1. The third-order valence-electron chi connectivity index (χ3n) is 2.94. The second-order valence-corrected chi connectivity index (χ2v) is 6.68. The summed E-state index contributed by atoms with van der Waals surface area (Å²) < 4.78 is 32.2. The van der Waals surface area contributed by atoms with Gasteiger partial charge in [0.15, 0.2) is 0 Å². The highest BCUT2D eigenvalue weighted by molar-refractivity contribution is 7.89. The van der Waals surface area contributed by atoms with Crippen LogP contribution < -0.4 is 10.0 Å². The lowest BCUT2D eigenvalue weighted by Crippen LogP contribution is -2.26. The molecule has 5 nitrogen and oxygen atoms in total. The molecular weight excluding hydrogens is 312 g/mol. The molecule has 0 saturated carbocycles. The fraction of sp³-hybridized carbons (Fsp3) is 0.286. The van der Waals surface area contributed by atoms with Crippen LogP contribution in [0, 0.1) is 0 Å². The third-order valence-corrected chi connectivity index (χ3v) is 4.77. The van der Waals surface area contributed by atoms with Gasteiger partial charge in [-0.1, -0.05) is 11.6 Å². The van der Waals surface area contributed by atoms with Gasteiger partial charge in [0, 0.05) is 24.5 Å². The van der Waals surface area contributed by atoms with Crippen LogP contribution in [0.3, 0.4) is 0 Å². The van der Waals surface area contributed by atoms with Crippen molar-refractivity contribution in [2.24, 2.45) is 0 Å². The molecule has 0 aliphatic rings. The molecule has 1 aromatic carbocycles. The molecule has 0 unspecified atom stereocenters. The minimum Gasteiger partial charge on any atom is -0.469 e. The number of nitrogens with one attached hydrogen (secondary N) is 2. The van der Waals surface area contributed by atoms with E-state index in [9.17, 15) is 8.42 Å². The van der Waals surface area contributed by atoms with Crippen LogP contribution >= 0.6 is 11.6 Å². The number of sulfonamides is 1. The summed E-state index contributed by atoms with van der Waals surface area (Å²) in [6.45, 7) is 0.786. The summed E-state index contributed by atoms with van der Waals surface area (Å²) in [5.74, 6) is 0.740. The third kappa shape index (κ3) is 4.31. The van der Waals surface area contributed by atoms with Gasteiger partial charge in [-0.2, -0.15) is 0 Å². The summed E-state index contributed by atoms with van der Waals surface area (Å²) in [6.07, 6.45) is 2.07. The van der Waals surface area contributed by atoms with Crippen molar-refractivity contribution in [2.45, 2.75) is 17.9 Å². The predicted molar refractivity (Wildman–Crippen MR) is 81.8 cm³/mol. The first-order valence-corrected chi connectivity index (χ1v) is 8.34. The molecule has 2 N–H and O–H groups in total. The van der Waals surface area contributed by atoms with Crippen LogP contribution in [0.4, 0.5) is 0 Å². The minimum atomic E-state index is -3.55. The zero-order chi connectivity index (χ0) is 15.3. The summed E-state index contributed by atoms with van der Waals surface area (Å²) in [5.41, 5.74) is 0.744. The maximum atomic E-state index is 12.2. The van der Waals surface area contributed by atoms with E-state index >= 15 is 0 Å². The van der Waals surface area contributed by atoms with Crippen LogP contribution in [0.25, 0.3) is 0 Å². The van der Waals surface area contributed by atoms with E-state index in [1.165, 1.54) is 6.07 Å². The van der Waals surface area contributed by atoms with E-state index in [-0.39, 0.29) is 11.4 Å². The molecule has 1 aromatic heterocycles. The molecule has 2 aromatic rings. The Balaban J connectivity index is 2.06. The number of hydrogen-bond acceptors (Lipinski definition) is 4. The highest BCUT2D eigenvalue weighted by atomic mass is 35.5. The SMILES string of the molecule is CNCc1cc(S(=O)(=O)NCCc2ccco2)ccc1Cl. The zero-order valence-corrected chi connectivity index (χ0v) is 13.2. The van der Waals surface area contributed by atoms with Crippen molar-refractivity contribution in [2.75, 3.05) is 13.6 Å². The molecule has 0 aliphatic heterocycles. The lowest BCUT2D eigenvalue weighted by atomic mass is 10.2. The van der Waals surface area contributed by atoms with Gasteiger partial charge in [-0.25, -0.2) is 13.1 Å². The average Bonchev–Trinajstić information content (AvgIpc) is 2.94. The van der Waals surface area contributed by atoms with Gasteiger partial charge in [0.1, 0.15) is 5.76 Å². The molecule has 0 spiro atoms. The molecule has 114 valence electrons. The lowest BCUT2D eigenvalue weighted by Gasteiger charge is -2.09. The van der Waals surface area contributed by atoms with Crippen LogP contribution in [-0.2, 0) is 23.0 Å².